The minimum Gasteiger partial charge on any atom is -0.507 e. The Balaban J connectivity index is 1.81. The third-order valence-corrected chi connectivity index (χ3v) is 4.92. The quantitative estimate of drug-likeness (QED) is 0.423. The van der Waals surface area contributed by atoms with Gasteiger partial charge in [0.2, 0.25) is 0 Å². The SMILES string of the molecule is COc1ccc([C@@H]2CC(=O)Oc3ccc(C(=O)c4ccccc4)c(O)c32)cc1. The van der Waals surface area contributed by atoms with Gasteiger partial charge in [-0.25, -0.2) is 0 Å². The number of aromatic hydroxyl groups is 1. The lowest BCUT2D eigenvalue weighted by molar-refractivity contribution is -0.135. The van der Waals surface area contributed by atoms with Crippen molar-refractivity contribution in [1.29, 1.82) is 0 Å². The summed E-state index contributed by atoms with van der Waals surface area (Å²) in [5.41, 5.74) is 1.94. The van der Waals surface area contributed by atoms with Crippen molar-refractivity contribution in [2.24, 2.45) is 0 Å². The zero-order chi connectivity index (χ0) is 19.7. The highest BCUT2D eigenvalue weighted by molar-refractivity contribution is 6.11. The molecule has 28 heavy (non-hydrogen) atoms. The number of hydrogen-bond donors (Lipinski definition) is 1. The number of esters is 1. The van der Waals surface area contributed by atoms with Crippen molar-refractivity contribution in [3.63, 3.8) is 0 Å². The summed E-state index contributed by atoms with van der Waals surface area (Å²) in [4.78, 5) is 24.9. The Kier molecular flexibility index (Phi) is 4.57. The minimum atomic E-state index is -0.411. The highest BCUT2D eigenvalue weighted by atomic mass is 16.5. The van der Waals surface area contributed by atoms with E-state index in [0.717, 1.165) is 5.56 Å². The van der Waals surface area contributed by atoms with E-state index in [-0.39, 0.29) is 35.2 Å². The van der Waals surface area contributed by atoms with Gasteiger partial charge >= 0.3 is 5.97 Å². The van der Waals surface area contributed by atoms with Crippen LogP contribution in [0.1, 0.15) is 39.4 Å². The van der Waals surface area contributed by atoms with Crippen LogP contribution in [-0.4, -0.2) is 24.0 Å². The predicted octanol–water partition coefficient (Wildman–Crippen LogP) is 4.07. The van der Waals surface area contributed by atoms with E-state index < -0.39 is 5.92 Å². The predicted molar refractivity (Wildman–Crippen MR) is 103 cm³/mol. The second-order valence-corrected chi connectivity index (χ2v) is 6.57. The van der Waals surface area contributed by atoms with Crippen LogP contribution < -0.4 is 9.47 Å². The number of hydrogen-bond acceptors (Lipinski definition) is 5. The smallest absolute Gasteiger partial charge is 0.312 e. The average molecular weight is 374 g/mol. The lowest BCUT2D eigenvalue weighted by Gasteiger charge is -2.26. The van der Waals surface area contributed by atoms with Crippen LogP contribution in [0.4, 0.5) is 0 Å². The molecule has 4 rings (SSSR count). The first-order valence-electron chi connectivity index (χ1n) is 8.88. The highest BCUT2D eigenvalue weighted by Gasteiger charge is 2.33. The first kappa shape index (κ1) is 17.8. The molecule has 5 nitrogen and oxygen atoms in total. The summed E-state index contributed by atoms with van der Waals surface area (Å²) in [6.07, 6.45) is 0.0792. The molecule has 0 fully saturated rings. The van der Waals surface area contributed by atoms with Crippen molar-refractivity contribution in [2.45, 2.75) is 12.3 Å². The molecule has 0 aromatic heterocycles. The van der Waals surface area contributed by atoms with Gasteiger partial charge in [-0.3, -0.25) is 9.59 Å². The molecule has 0 radical (unpaired) electrons. The highest BCUT2D eigenvalue weighted by Crippen LogP contribution is 2.45. The molecular formula is C23H18O5. The summed E-state index contributed by atoms with van der Waals surface area (Å²) in [6, 6.07) is 19.1. The van der Waals surface area contributed by atoms with Gasteiger partial charge in [-0.2, -0.15) is 0 Å². The van der Waals surface area contributed by atoms with E-state index in [4.69, 9.17) is 9.47 Å². The van der Waals surface area contributed by atoms with Crippen LogP contribution in [0.5, 0.6) is 17.2 Å². The van der Waals surface area contributed by atoms with Crippen LogP contribution in [0.2, 0.25) is 0 Å². The number of fused-ring (bicyclic) bond motifs is 1. The molecule has 1 atom stereocenters. The maximum absolute atomic E-state index is 12.9. The van der Waals surface area contributed by atoms with Gasteiger partial charge in [-0.1, -0.05) is 42.5 Å². The second-order valence-electron chi connectivity index (χ2n) is 6.57. The minimum absolute atomic E-state index is 0.0792. The fourth-order valence-corrected chi connectivity index (χ4v) is 3.50. The Morgan fingerprint density at radius 3 is 2.43 bits per heavy atom. The molecule has 0 spiro atoms. The van der Waals surface area contributed by atoms with E-state index in [2.05, 4.69) is 0 Å². The normalized spacial score (nSPS) is 15.5. The molecular weight excluding hydrogens is 356 g/mol. The summed E-state index contributed by atoms with van der Waals surface area (Å²) < 4.78 is 10.5. The van der Waals surface area contributed by atoms with Crippen LogP contribution in [0, 0.1) is 0 Å². The molecule has 0 saturated carbocycles. The van der Waals surface area contributed by atoms with Crippen LogP contribution in [0.15, 0.2) is 66.7 Å². The number of rotatable bonds is 4. The Labute approximate surface area is 162 Å². The summed E-state index contributed by atoms with van der Waals surface area (Å²) in [5.74, 6) is -0.259. The van der Waals surface area contributed by atoms with E-state index >= 15 is 0 Å². The Morgan fingerprint density at radius 2 is 1.75 bits per heavy atom. The van der Waals surface area contributed by atoms with E-state index in [9.17, 15) is 14.7 Å². The van der Waals surface area contributed by atoms with E-state index in [1.165, 1.54) is 6.07 Å². The Bertz CT molecular complexity index is 1040. The molecule has 0 aliphatic carbocycles. The van der Waals surface area contributed by atoms with Gasteiger partial charge in [0.25, 0.3) is 0 Å². The molecule has 0 saturated heterocycles. The summed E-state index contributed by atoms with van der Waals surface area (Å²) in [5, 5.41) is 10.9. The van der Waals surface area contributed by atoms with E-state index in [1.807, 2.05) is 18.2 Å². The van der Waals surface area contributed by atoms with Gasteiger partial charge in [0.05, 0.1) is 19.1 Å². The van der Waals surface area contributed by atoms with Gasteiger partial charge in [0.1, 0.15) is 17.2 Å². The number of carbonyl (C=O) groups is 2. The fourth-order valence-electron chi connectivity index (χ4n) is 3.50. The zero-order valence-electron chi connectivity index (χ0n) is 15.2. The van der Waals surface area contributed by atoms with Crippen LogP contribution >= 0.6 is 0 Å². The number of benzene rings is 3. The number of phenolic OH excluding ortho intramolecular Hbond substituents is 1. The summed E-state index contributed by atoms with van der Waals surface area (Å²) >= 11 is 0. The van der Waals surface area contributed by atoms with Gasteiger partial charge < -0.3 is 14.6 Å². The van der Waals surface area contributed by atoms with Crippen molar-refractivity contribution in [3.05, 3.63) is 89.0 Å². The molecule has 0 unspecified atom stereocenters. The van der Waals surface area contributed by atoms with Crippen LogP contribution in [0.25, 0.3) is 0 Å². The topological polar surface area (TPSA) is 72.8 Å². The number of ether oxygens (including phenoxy) is 2. The van der Waals surface area contributed by atoms with Gasteiger partial charge in [-0.15, -0.1) is 0 Å². The second kappa shape index (κ2) is 7.19. The molecule has 1 N–H and O–H groups in total. The first-order chi connectivity index (χ1) is 13.6. The molecule has 1 aliphatic rings. The van der Waals surface area contributed by atoms with Crippen molar-refractivity contribution in [2.75, 3.05) is 7.11 Å². The molecule has 1 heterocycles. The van der Waals surface area contributed by atoms with E-state index in [0.29, 0.717) is 16.9 Å². The lowest BCUT2D eigenvalue weighted by atomic mass is 9.84. The molecule has 0 bridgehead atoms. The van der Waals surface area contributed by atoms with Crippen molar-refractivity contribution in [1.82, 2.24) is 0 Å². The van der Waals surface area contributed by atoms with Gasteiger partial charge in [0, 0.05) is 17.0 Å². The Hall–Kier alpha value is -3.60. The largest absolute Gasteiger partial charge is 0.507 e. The first-order valence-corrected chi connectivity index (χ1v) is 8.88. The van der Waals surface area contributed by atoms with Crippen molar-refractivity contribution >= 4 is 11.8 Å². The third kappa shape index (κ3) is 3.11. The zero-order valence-corrected chi connectivity index (χ0v) is 15.2. The fraction of sp³-hybridized carbons (Fsp3) is 0.130. The number of phenols is 1. The molecule has 0 amide bonds. The standard InChI is InChI=1S/C23H18O5/c1-27-16-9-7-14(8-10-16)18-13-20(24)28-19-12-11-17(23(26)21(18)19)22(25)15-5-3-2-4-6-15/h2-12,18,26H,13H2,1H3/t18-/m0/s1. The number of carbonyl (C=O) groups excluding carboxylic acids is 2. The maximum atomic E-state index is 12.9. The van der Waals surface area contributed by atoms with Crippen LogP contribution in [0.3, 0.4) is 0 Å². The maximum Gasteiger partial charge on any atom is 0.312 e. The van der Waals surface area contributed by atoms with Gasteiger partial charge in [-0.05, 0) is 29.8 Å². The lowest BCUT2D eigenvalue weighted by Crippen LogP contribution is -2.21. The van der Waals surface area contributed by atoms with Gasteiger partial charge in [0.15, 0.2) is 5.78 Å². The Morgan fingerprint density at radius 1 is 1.04 bits per heavy atom. The summed E-state index contributed by atoms with van der Waals surface area (Å²) in [6.45, 7) is 0. The summed E-state index contributed by atoms with van der Waals surface area (Å²) in [7, 11) is 1.58. The van der Waals surface area contributed by atoms with E-state index in [1.54, 1.807) is 49.6 Å². The molecule has 3 aromatic carbocycles. The molecule has 140 valence electrons. The van der Waals surface area contributed by atoms with Crippen molar-refractivity contribution in [3.8, 4) is 17.2 Å². The number of methoxy groups -OCH3 is 1. The molecule has 5 heteroatoms. The number of ketones is 1. The van der Waals surface area contributed by atoms with Crippen molar-refractivity contribution < 1.29 is 24.2 Å². The monoisotopic (exact) mass is 374 g/mol. The van der Waals surface area contributed by atoms with Crippen LogP contribution in [-0.2, 0) is 4.79 Å². The average Bonchev–Trinajstić information content (AvgIpc) is 2.73. The molecule has 3 aromatic rings. The third-order valence-electron chi connectivity index (χ3n) is 4.92. The molecule has 1 aliphatic heterocycles.